The summed E-state index contributed by atoms with van der Waals surface area (Å²) in [5, 5.41) is 0. The molecule has 0 aromatic heterocycles. The molecule has 0 amide bonds. The summed E-state index contributed by atoms with van der Waals surface area (Å²) in [6.07, 6.45) is 0. The Morgan fingerprint density at radius 2 is 1.42 bits per heavy atom. The molecule has 0 N–H and O–H groups in total. The van der Waals surface area contributed by atoms with Crippen molar-refractivity contribution in [1.82, 2.24) is 0 Å². The molecule has 2 aromatic rings. The molecule has 2 heteroatoms. The van der Waals surface area contributed by atoms with Gasteiger partial charge in [0, 0.05) is 0 Å². The molecule has 2 rings (SSSR count). The van der Waals surface area contributed by atoms with Crippen molar-refractivity contribution in [2.45, 2.75) is 6.92 Å². The van der Waals surface area contributed by atoms with E-state index in [4.69, 9.17) is 0 Å². The van der Waals surface area contributed by atoms with Crippen LogP contribution in [-0.4, -0.2) is 41.8 Å². The Balaban J connectivity index is 2.10. The molecule has 2 aromatic carbocycles. The average Bonchev–Trinajstić information content (AvgIpc) is 2.45. The van der Waals surface area contributed by atoms with Gasteiger partial charge in [-0.2, -0.15) is 0 Å². The van der Waals surface area contributed by atoms with E-state index in [1.54, 1.807) is 0 Å². The van der Waals surface area contributed by atoms with Gasteiger partial charge in [0.1, 0.15) is 0 Å². The molecule has 0 aliphatic heterocycles. The van der Waals surface area contributed by atoms with Crippen molar-refractivity contribution < 1.29 is 0 Å². The first-order chi connectivity index (χ1) is 9.25. The van der Waals surface area contributed by atoms with Crippen LogP contribution in [0.1, 0.15) is 6.92 Å². The van der Waals surface area contributed by atoms with Gasteiger partial charge in [0.2, 0.25) is 0 Å². The van der Waals surface area contributed by atoms with Crippen LogP contribution in [0.4, 0.5) is 0 Å². The third-order valence-corrected chi connectivity index (χ3v) is 9.85. The van der Waals surface area contributed by atoms with Crippen molar-refractivity contribution in [3.8, 4) is 0 Å². The first-order valence-electron chi connectivity index (χ1n) is 6.06. The van der Waals surface area contributed by atoms with Crippen molar-refractivity contribution in [2.24, 2.45) is 0 Å². The minimum atomic E-state index is -0.280. The van der Waals surface area contributed by atoms with Crippen LogP contribution < -0.4 is 7.22 Å². The fourth-order valence-corrected chi connectivity index (χ4v) is 7.65. The predicted molar refractivity (Wildman–Crippen MR) is 86.6 cm³/mol. The van der Waals surface area contributed by atoms with E-state index < -0.39 is 0 Å². The second kappa shape index (κ2) is 7.94. The topological polar surface area (TPSA) is 0 Å². The molecule has 0 radical (unpaired) electrons. The summed E-state index contributed by atoms with van der Waals surface area (Å²) >= 11 is -0.504. The van der Waals surface area contributed by atoms with E-state index in [0.29, 0.717) is 0 Å². The quantitative estimate of drug-likeness (QED) is 0.461. The van der Waals surface area contributed by atoms with E-state index in [1.165, 1.54) is 16.4 Å². The zero-order chi connectivity index (χ0) is 13.5. The Hall–Kier alpha value is -0.501. The number of benzene rings is 2. The standard InChI is InChI=1S/C17H16Te2/c1-14(2)17(19-16-11-7-4-8-12-16)13-18-15-9-5-3-6-10-15/h3-13H,1H2,2H3/b17-13-. The van der Waals surface area contributed by atoms with Crippen LogP contribution in [-0.2, 0) is 0 Å². The fraction of sp³-hybridized carbons (Fsp3) is 0.0588. The van der Waals surface area contributed by atoms with Gasteiger partial charge >= 0.3 is 137 Å². The van der Waals surface area contributed by atoms with Gasteiger partial charge in [-0.3, -0.25) is 0 Å². The van der Waals surface area contributed by atoms with Gasteiger partial charge in [0.05, 0.1) is 0 Å². The molecule has 0 bridgehead atoms. The van der Waals surface area contributed by atoms with E-state index >= 15 is 0 Å². The van der Waals surface area contributed by atoms with E-state index in [-0.39, 0.29) is 41.8 Å². The van der Waals surface area contributed by atoms with Crippen molar-refractivity contribution >= 4 is 49.1 Å². The predicted octanol–water partition coefficient (Wildman–Crippen LogP) is 2.46. The molecule has 0 aliphatic carbocycles. The SMILES string of the molecule is C=C(C)/C(=C/[Te]c1ccccc1)[Te]c1ccccc1. The monoisotopic (exact) mass is 480 g/mol. The zero-order valence-corrected chi connectivity index (χ0v) is 15.5. The first kappa shape index (κ1) is 14.9. The van der Waals surface area contributed by atoms with Gasteiger partial charge in [-0.15, -0.1) is 0 Å². The maximum atomic E-state index is 4.15. The molecule has 0 aliphatic rings. The third-order valence-electron chi connectivity index (χ3n) is 2.44. The molecule has 96 valence electrons. The normalized spacial score (nSPS) is 11.3. The van der Waals surface area contributed by atoms with Crippen LogP contribution in [0, 0.1) is 0 Å². The van der Waals surface area contributed by atoms with Crippen LogP contribution in [0.15, 0.2) is 80.6 Å². The van der Waals surface area contributed by atoms with Gasteiger partial charge in [-0.25, -0.2) is 0 Å². The van der Waals surface area contributed by atoms with Crippen molar-refractivity contribution in [2.75, 3.05) is 0 Å². The summed E-state index contributed by atoms with van der Waals surface area (Å²) in [4.78, 5) is 0. The molecule has 0 heterocycles. The summed E-state index contributed by atoms with van der Waals surface area (Å²) in [6, 6.07) is 21.6. The molecule has 0 fully saturated rings. The third kappa shape index (κ3) is 5.18. The first-order valence-corrected chi connectivity index (χ1v) is 10.9. The van der Waals surface area contributed by atoms with Crippen LogP contribution >= 0.6 is 0 Å². The van der Waals surface area contributed by atoms with Crippen molar-refractivity contribution in [1.29, 1.82) is 0 Å². The minimum absolute atomic E-state index is 0.224. The second-order valence-electron chi connectivity index (χ2n) is 4.11. The molecule has 19 heavy (non-hydrogen) atoms. The Kier molecular flexibility index (Phi) is 6.22. The summed E-state index contributed by atoms with van der Waals surface area (Å²) in [5.74, 6) is 0. The fourth-order valence-electron chi connectivity index (χ4n) is 1.45. The van der Waals surface area contributed by atoms with Crippen molar-refractivity contribution in [3.05, 3.63) is 80.6 Å². The summed E-state index contributed by atoms with van der Waals surface area (Å²) in [7, 11) is 0. The number of hydrogen-bond donors (Lipinski definition) is 0. The average molecular weight is 476 g/mol. The van der Waals surface area contributed by atoms with Gasteiger partial charge in [-0.1, -0.05) is 0 Å². The van der Waals surface area contributed by atoms with Gasteiger partial charge in [-0.05, 0) is 0 Å². The summed E-state index contributed by atoms with van der Waals surface area (Å²) in [5.41, 5.74) is 1.24. The molecule has 0 spiro atoms. The van der Waals surface area contributed by atoms with E-state index in [0.717, 1.165) is 0 Å². The molecular weight excluding hydrogens is 459 g/mol. The van der Waals surface area contributed by atoms with Crippen LogP contribution in [0.3, 0.4) is 0 Å². The van der Waals surface area contributed by atoms with E-state index in [1.807, 2.05) is 0 Å². The van der Waals surface area contributed by atoms with Gasteiger partial charge in [0.15, 0.2) is 0 Å². The molecule has 0 unspecified atom stereocenters. The number of rotatable bonds is 5. The van der Waals surface area contributed by atoms with Crippen LogP contribution in [0.2, 0.25) is 0 Å². The van der Waals surface area contributed by atoms with Gasteiger partial charge < -0.3 is 0 Å². The Labute approximate surface area is 135 Å². The number of hydrogen-bond acceptors (Lipinski definition) is 0. The molecule has 0 atom stereocenters. The van der Waals surface area contributed by atoms with Crippen molar-refractivity contribution in [3.63, 3.8) is 0 Å². The van der Waals surface area contributed by atoms with Gasteiger partial charge in [0.25, 0.3) is 0 Å². The zero-order valence-electron chi connectivity index (χ0n) is 10.9. The molecule has 0 saturated heterocycles. The summed E-state index contributed by atoms with van der Waals surface area (Å²) < 4.78 is 6.98. The van der Waals surface area contributed by atoms with E-state index in [2.05, 4.69) is 78.3 Å². The Morgan fingerprint density at radius 3 is 1.95 bits per heavy atom. The van der Waals surface area contributed by atoms with E-state index in [9.17, 15) is 0 Å². The summed E-state index contributed by atoms with van der Waals surface area (Å²) in [6.45, 7) is 6.29. The Morgan fingerprint density at radius 1 is 0.895 bits per heavy atom. The number of allylic oxidation sites excluding steroid dienone is 2. The Bertz CT molecular complexity index is 556. The molecule has 0 nitrogen and oxygen atoms in total. The molecular formula is C17H16Te2. The van der Waals surface area contributed by atoms with Crippen LogP contribution in [0.25, 0.3) is 0 Å². The second-order valence-corrected chi connectivity index (χ2v) is 9.98. The maximum absolute atomic E-state index is 4.15. The van der Waals surface area contributed by atoms with Crippen LogP contribution in [0.5, 0.6) is 0 Å². The molecule has 0 saturated carbocycles.